The molecule has 1 unspecified atom stereocenters. The number of ether oxygens (including phenoxy) is 2. The molecule has 0 aliphatic rings. The molecule has 0 aliphatic carbocycles. The second kappa shape index (κ2) is 14.6. The van der Waals surface area contributed by atoms with E-state index in [2.05, 4.69) is 10.8 Å². The minimum atomic E-state index is -0.271. The summed E-state index contributed by atoms with van der Waals surface area (Å²) in [7, 11) is 1.36. The molecule has 148 valence electrons. The Kier molecular flexibility index (Phi) is 13.7. The number of ketones is 1. The number of esters is 2. The van der Waals surface area contributed by atoms with Crippen molar-refractivity contribution in [3.05, 3.63) is 23.3 Å². The van der Waals surface area contributed by atoms with Crippen LogP contribution < -0.4 is 0 Å². The van der Waals surface area contributed by atoms with Crippen molar-refractivity contribution >= 4 is 29.5 Å². The van der Waals surface area contributed by atoms with Gasteiger partial charge in [0.1, 0.15) is 12.4 Å². The maximum atomic E-state index is 12.1. The SMILES string of the molecule is COC(=O)CSCC(C)C(=O)CCC(C)=CCCC(C)=CCOC(C)=O. The summed E-state index contributed by atoms with van der Waals surface area (Å²) in [5.74, 6) is 0.579. The highest BCUT2D eigenvalue weighted by molar-refractivity contribution is 7.99. The Labute approximate surface area is 161 Å². The summed E-state index contributed by atoms with van der Waals surface area (Å²) >= 11 is 1.43. The molecular formula is C20H32O5S. The zero-order valence-corrected chi connectivity index (χ0v) is 17.4. The monoisotopic (exact) mass is 384 g/mol. The van der Waals surface area contributed by atoms with Crippen LogP contribution in [0.1, 0.15) is 53.4 Å². The van der Waals surface area contributed by atoms with E-state index in [9.17, 15) is 14.4 Å². The first kappa shape index (κ1) is 24.4. The highest BCUT2D eigenvalue weighted by Gasteiger charge is 2.13. The summed E-state index contributed by atoms with van der Waals surface area (Å²) in [6, 6.07) is 0. The molecule has 1 atom stereocenters. The number of Topliss-reactive ketones (excluding diaryl/α,β-unsaturated/α-hetero) is 1. The first-order valence-electron chi connectivity index (χ1n) is 8.88. The third kappa shape index (κ3) is 13.7. The highest BCUT2D eigenvalue weighted by atomic mass is 32.2. The number of thioether (sulfide) groups is 1. The van der Waals surface area contributed by atoms with Gasteiger partial charge < -0.3 is 9.47 Å². The summed E-state index contributed by atoms with van der Waals surface area (Å²) in [5.41, 5.74) is 2.39. The van der Waals surface area contributed by atoms with Gasteiger partial charge in [-0.1, -0.05) is 24.1 Å². The fraction of sp³-hybridized carbons (Fsp3) is 0.650. The summed E-state index contributed by atoms with van der Waals surface area (Å²) in [6.45, 7) is 7.69. The summed E-state index contributed by atoms with van der Waals surface area (Å²) in [5, 5.41) is 0. The Balaban J connectivity index is 4.02. The van der Waals surface area contributed by atoms with Crippen molar-refractivity contribution < 1.29 is 23.9 Å². The molecule has 0 spiro atoms. The quantitative estimate of drug-likeness (QED) is 0.351. The first-order valence-corrected chi connectivity index (χ1v) is 10.0. The van der Waals surface area contributed by atoms with E-state index in [0.29, 0.717) is 18.8 Å². The van der Waals surface area contributed by atoms with Crippen LogP contribution in [0.25, 0.3) is 0 Å². The molecule has 0 fully saturated rings. The predicted octanol–water partition coefficient (Wildman–Crippen LogP) is 4.11. The molecule has 26 heavy (non-hydrogen) atoms. The molecular weight excluding hydrogens is 352 g/mol. The number of carbonyl (C=O) groups is 3. The van der Waals surface area contributed by atoms with Crippen molar-refractivity contribution in [3.8, 4) is 0 Å². The van der Waals surface area contributed by atoms with Gasteiger partial charge in [-0.15, -0.1) is 11.8 Å². The van der Waals surface area contributed by atoms with Crippen LogP contribution in [0.15, 0.2) is 23.3 Å². The summed E-state index contributed by atoms with van der Waals surface area (Å²) in [4.78, 5) is 33.9. The Morgan fingerprint density at radius 3 is 2.27 bits per heavy atom. The summed E-state index contributed by atoms with van der Waals surface area (Å²) < 4.78 is 9.46. The van der Waals surface area contributed by atoms with Crippen LogP contribution in [-0.4, -0.2) is 42.9 Å². The second-order valence-electron chi connectivity index (χ2n) is 6.40. The molecule has 5 nitrogen and oxygen atoms in total. The van der Waals surface area contributed by atoms with Crippen LogP contribution in [0.2, 0.25) is 0 Å². The van der Waals surface area contributed by atoms with E-state index in [1.807, 2.05) is 26.8 Å². The van der Waals surface area contributed by atoms with Crippen LogP contribution in [0.4, 0.5) is 0 Å². The Bertz CT molecular complexity index is 522. The van der Waals surface area contributed by atoms with E-state index < -0.39 is 0 Å². The average Bonchev–Trinajstić information content (AvgIpc) is 2.58. The van der Waals surface area contributed by atoms with Crippen LogP contribution in [0, 0.1) is 5.92 Å². The lowest BCUT2D eigenvalue weighted by atomic mass is 10.0. The van der Waals surface area contributed by atoms with E-state index in [1.54, 1.807) is 0 Å². The van der Waals surface area contributed by atoms with E-state index in [0.717, 1.165) is 19.3 Å². The van der Waals surface area contributed by atoms with Gasteiger partial charge in [0, 0.05) is 25.0 Å². The van der Waals surface area contributed by atoms with Crippen LogP contribution in [0.5, 0.6) is 0 Å². The van der Waals surface area contributed by atoms with Crippen molar-refractivity contribution in [3.63, 3.8) is 0 Å². The lowest BCUT2D eigenvalue weighted by Gasteiger charge is -2.10. The molecule has 0 amide bonds. The van der Waals surface area contributed by atoms with Gasteiger partial charge in [0.2, 0.25) is 0 Å². The van der Waals surface area contributed by atoms with Gasteiger partial charge in [-0.05, 0) is 39.2 Å². The van der Waals surface area contributed by atoms with Gasteiger partial charge in [0.05, 0.1) is 12.9 Å². The smallest absolute Gasteiger partial charge is 0.315 e. The maximum Gasteiger partial charge on any atom is 0.315 e. The molecule has 0 aromatic carbocycles. The fourth-order valence-electron chi connectivity index (χ4n) is 2.09. The molecule has 0 saturated heterocycles. The minimum Gasteiger partial charge on any atom is -0.468 e. The number of allylic oxidation sites excluding steroid dienone is 3. The van der Waals surface area contributed by atoms with Crippen molar-refractivity contribution in [1.82, 2.24) is 0 Å². The zero-order valence-electron chi connectivity index (χ0n) is 16.6. The average molecular weight is 385 g/mol. The third-order valence-corrected chi connectivity index (χ3v) is 5.06. The van der Waals surface area contributed by atoms with Crippen molar-refractivity contribution in [1.29, 1.82) is 0 Å². The van der Waals surface area contributed by atoms with Gasteiger partial charge in [-0.2, -0.15) is 0 Å². The number of hydrogen-bond donors (Lipinski definition) is 0. The molecule has 0 rings (SSSR count). The minimum absolute atomic E-state index is 0.0519. The number of rotatable bonds is 13. The number of carbonyl (C=O) groups excluding carboxylic acids is 3. The van der Waals surface area contributed by atoms with E-state index in [4.69, 9.17) is 4.74 Å². The molecule has 0 aliphatic heterocycles. The number of methoxy groups -OCH3 is 1. The second-order valence-corrected chi connectivity index (χ2v) is 7.43. The molecule has 0 N–H and O–H groups in total. The normalized spacial score (nSPS) is 13.3. The lowest BCUT2D eigenvalue weighted by Crippen LogP contribution is -2.15. The lowest BCUT2D eigenvalue weighted by molar-refractivity contribution is -0.140. The Hall–Kier alpha value is -1.56. The molecule has 0 radical (unpaired) electrons. The van der Waals surface area contributed by atoms with Gasteiger partial charge >= 0.3 is 11.9 Å². The van der Waals surface area contributed by atoms with E-state index in [1.165, 1.54) is 36.9 Å². The van der Waals surface area contributed by atoms with Crippen LogP contribution in [0.3, 0.4) is 0 Å². The molecule has 0 aromatic heterocycles. The van der Waals surface area contributed by atoms with Gasteiger partial charge in [0.25, 0.3) is 0 Å². The van der Waals surface area contributed by atoms with Gasteiger partial charge in [0.15, 0.2) is 0 Å². The largest absolute Gasteiger partial charge is 0.468 e. The predicted molar refractivity (Wildman–Crippen MR) is 106 cm³/mol. The third-order valence-electron chi connectivity index (χ3n) is 3.88. The highest BCUT2D eigenvalue weighted by Crippen LogP contribution is 2.15. The maximum absolute atomic E-state index is 12.1. The number of hydrogen-bond acceptors (Lipinski definition) is 6. The first-order chi connectivity index (χ1) is 12.3. The van der Waals surface area contributed by atoms with E-state index in [-0.39, 0.29) is 29.4 Å². The summed E-state index contributed by atoms with van der Waals surface area (Å²) in [6.07, 6.45) is 7.19. The standard InChI is InChI=1S/C20H32O5S/c1-15(7-6-8-16(2)11-12-25-18(4)21)9-10-19(22)17(3)13-26-14-20(23)24-5/h7,11,17H,6,8-10,12-14H2,1-5H3. The topological polar surface area (TPSA) is 69.7 Å². The van der Waals surface area contributed by atoms with E-state index >= 15 is 0 Å². The molecule has 0 bridgehead atoms. The van der Waals surface area contributed by atoms with Crippen LogP contribution in [-0.2, 0) is 23.9 Å². The van der Waals surface area contributed by atoms with Crippen molar-refractivity contribution in [2.24, 2.45) is 5.92 Å². The Morgan fingerprint density at radius 2 is 1.65 bits per heavy atom. The van der Waals surface area contributed by atoms with Crippen molar-refractivity contribution in [2.45, 2.75) is 53.4 Å². The van der Waals surface area contributed by atoms with Crippen LogP contribution >= 0.6 is 11.8 Å². The molecule has 0 heterocycles. The molecule has 0 aromatic rings. The zero-order chi connectivity index (χ0) is 19.9. The fourth-order valence-corrected chi connectivity index (χ4v) is 3.03. The Morgan fingerprint density at radius 1 is 1.00 bits per heavy atom. The van der Waals surface area contributed by atoms with Crippen molar-refractivity contribution in [2.75, 3.05) is 25.2 Å². The molecule has 0 saturated carbocycles. The van der Waals surface area contributed by atoms with Gasteiger partial charge in [-0.25, -0.2) is 0 Å². The molecule has 6 heteroatoms. The van der Waals surface area contributed by atoms with Gasteiger partial charge in [-0.3, -0.25) is 14.4 Å².